The molecule has 1 amide bonds. The Labute approximate surface area is 151 Å². The molecule has 10 heteroatoms. The molecule has 25 heavy (non-hydrogen) atoms. The van der Waals surface area contributed by atoms with Crippen molar-refractivity contribution in [3.8, 4) is 6.19 Å². The zero-order valence-electron chi connectivity index (χ0n) is 14.6. The summed E-state index contributed by atoms with van der Waals surface area (Å²) < 4.78 is 15.7. The molecular weight excluding hydrogens is 360 g/mol. The number of hydrogen-bond acceptors (Lipinski definition) is 8. The van der Waals surface area contributed by atoms with E-state index >= 15 is 0 Å². The van der Waals surface area contributed by atoms with Crippen molar-refractivity contribution in [2.24, 2.45) is 14.8 Å². The van der Waals surface area contributed by atoms with Crippen molar-refractivity contribution in [3.63, 3.8) is 0 Å². The SMILES string of the molecule is CN(C(=O)C(C)(C)CS(C)(=O)=NC#N)c1nnc(C2=CCCN=C2)s1. The van der Waals surface area contributed by atoms with Crippen LogP contribution in [0.3, 0.4) is 0 Å². The van der Waals surface area contributed by atoms with Gasteiger partial charge in [-0.2, -0.15) is 5.26 Å². The summed E-state index contributed by atoms with van der Waals surface area (Å²) in [7, 11) is -1.15. The summed E-state index contributed by atoms with van der Waals surface area (Å²) in [5, 5.41) is 18.0. The highest BCUT2D eigenvalue weighted by molar-refractivity contribution is 7.93. The van der Waals surface area contributed by atoms with Crippen molar-refractivity contribution < 1.29 is 9.00 Å². The van der Waals surface area contributed by atoms with Crippen molar-refractivity contribution in [1.29, 1.82) is 5.26 Å². The molecule has 1 aliphatic rings. The van der Waals surface area contributed by atoms with Crippen LogP contribution in [0.2, 0.25) is 0 Å². The minimum Gasteiger partial charge on any atom is -0.292 e. The second kappa shape index (κ2) is 7.41. The maximum atomic E-state index is 12.8. The Morgan fingerprint density at radius 2 is 2.24 bits per heavy atom. The molecular formula is C15H20N6O2S2. The molecule has 0 bridgehead atoms. The van der Waals surface area contributed by atoms with E-state index in [2.05, 4.69) is 19.6 Å². The van der Waals surface area contributed by atoms with Crippen LogP contribution in [-0.2, 0) is 14.5 Å². The third-order valence-corrected chi connectivity index (χ3v) is 6.32. The van der Waals surface area contributed by atoms with Gasteiger partial charge < -0.3 is 0 Å². The topological polar surface area (TPSA) is 112 Å². The van der Waals surface area contributed by atoms with E-state index in [9.17, 15) is 9.00 Å². The summed E-state index contributed by atoms with van der Waals surface area (Å²) in [6.07, 6.45) is 7.59. The third-order valence-electron chi connectivity index (χ3n) is 3.55. The first-order chi connectivity index (χ1) is 11.7. The minimum absolute atomic E-state index is 0.0137. The molecule has 0 saturated carbocycles. The Morgan fingerprint density at radius 1 is 1.52 bits per heavy atom. The largest absolute Gasteiger partial charge is 0.292 e. The fraction of sp³-hybridized carbons (Fsp3) is 0.533. The maximum absolute atomic E-state index is 12.8. The lowest BCUT2D eigenvalue weighted by Gasteiger charge is -2.27. The highest BCUT2D eigenvalue weighted by Crippen LogP contribution is 2.29. The third kappa shape index (κ3) is 4.70. The molecule has 0 aromatic carbocycles. The summed E-state index contributed by atoms with van der Waals surface area (Å²) in [5.41, 5.74) is -0.0577. The normalized spacial score (nSPS) is 16.5. The number of carbonyl (C=O) groups excluding carboxylic acids is 1. The predicted molar refractivity (Wildman–Crippen MR) is 100 cm³/mol. The van der Waals surface area contributed by atoms with E-state index in [4.69, 9.17) is 5.26 Å². The predicted octanol–water partition coefficient (Wildman–Crippen LogP) is 1.96. The molecule has 0 aliphatic carbocycles. The molecule has 1 aromatic heterocycles. The van der Waals surface area contributed by atoms with E-state index in [1.807, 2.05) is 6.08 Å². The van der Waals surface area contributed by atoms with Crippen LogP contribution in [0, 0.1) is 16.9 Å². The molecule has 2 rings (SSSR count). The Morgan fingerprint density at radius 3 is 2.84 bits per heavy atom. The molecule has 0 spiro atoms. The van der Waals surface area contributed by atoms with Crippen LogP contribution in [0.4, 0.5) is 5.13 Å². The first-order valence-corrected chi connectivity index (χ1v) is 10.5. The van der Waals surface area contributed by atoms with Crippen LogP contribution in [0.15, 0.2) is 15.4 Å². The molecule has 8 nitrogen and oxygen atoms in total. The molecule has 0 N–H and O–H groups in total. The fourth-order valence-corrected chi connectivity index (χ4v) is 5.02. The second-order valence-corrected chi connectivity index (χ2v) is 9.76. The molecule has 134 valence electrons. The van der Waals surface area contributed by atoms with Crippen molar-refractivity contribution in [2.45, 2.75) is 20.3 Å². The average Bonchev–Trinajstić information content (AvgIpc) is 3.03. The highest BCUT2D eigenvalue weighted by Gasteiger charge is 2.35. The Kier molecular flexibility index (Phi) is 5.69. The average molecular weight is 380 g/mol. The Bertz CT molecular complexity index is 884. The van der Waals surface area contributed by atoms with Crippen LogP contribution in [-0.4, -0.2) is 52.1 Å². The van der Waals surface area contributed by atoms with Gasteiger partial charge >= 0.3 is 0 Å². The van der Waals surface area contributed by atoms with Gasteiger partial charge in [0.15, 0.2) is 5.01 Å². The van der Waals surface area contributed by atoms with Crippen molar-refractivity contribution in [1.82, 2.24) is 10.2 Å². The van der Waals surface area contributed by atoms with Crippen LogP contribution >= 0.6 is 11.3 Å². The van der Waals surface area contributed by atoms with Crippen LogP contribution in [0.5, 0.6) is 0 Å². The second-order valence-electron chi connectivity index (χ2n) is 6.42. The standard InChI is InChI=1S/C15H20N6O2S2/c1-15(2,9-25(4,23)18-10-16)13(22)21(3)14-20-19-12(24-14)11-6-5-7-17-8-11/h6,8H,5,7,9H2,1-4H3. The number of rotatable bonds is 5. The van der Waals surface area contributed by atoms with Crippen LogP contribution < -0.4 is 4.90 Å². The molecule has 1 aromatic rings. The van der Waals surface area contributed by atoms with E-state index < -0.39 is 15.1 Å². The van der Waals surface area contributed by atoms with Gasteiger partial charge in [0.25, 0.3) is 0 Å². The zero-order chi connectivity index (χ0) is 18.7. The van der Waals surface area contributed by atoms with Gasteiger partial charge in [-0.15, -0.1) is 14.6 Å². The molecule has 0 radical (unpaired) electrons. The van der Waals surface area contributed by atoms with E-state index in [0.717, 1.165) is 18.5 Å². The molecule has 2 heterocycles. The van der Waals surface area contributed by atoms with Crippen molar-refractivity contribution in [3.05, 3.63) is 11.1 Å². The number of nitrogens with zero attached hydrogens (tertiary/aromatic N) is 6. The number of carbonyl (C=O) groups is 1. The fourth-order valence-electron chi connectivity index (χ4n) is 2.51. The van der Waals surface area contributed by atoms with E-state index in [1.165, 1.54) is 22.5 Å². The minimum atomic E-state index is -2.75. The van der Waals surface area contributed by atoms with Gasteiger partial charge in [0.1, 0.15) is 0 Å². The molecule has 1 aliphatic heterocycles. The van der Waals surface area contributed by atoms with Crippen molar-refractivity contribution in [2.75, 3.05) is 30.5 Å². The number of anilines is 1. The molecule has 1 unspecified atom stereocenters. The van der Waals surface area contributed by atoms with E-state index in [-0.39, 0.29) is 11.7 Å². The Hall–Kier alpha value is -2.12. The quantitative estimate of drug-likeness (QED) is 0.725. The molecule has 1 atom stereocenters. The van der Waals surface area contributed by atoms with Gasteiger partial charge in [-0.25, -0.2) is 4.21 Å². The number of dihydropyridines is 1. The number of aromatic nitrogens is 2. The van der Waals surface area contributed by atoms with E-state index in [1.54, 1.807) is 33.3 Å². The van der Waals surface area contributed by atoms with Gasteiger partial charge in [0, 0.05) is 37.4 Å². The smallest absolute Gasteiger partial charge is 0.235 e. The lowest BCUT2D eigenvalue weighted by Crippen LogP contribution is -2.42. The molecule has 0 saturated heterocycles. The number of amides is 1. The van der Waals surface area contributed by atoms with Gasteiger partial charge in [-0.05, 0) is 6.42 Å². The lowest BCUT2D eigenvalue weighted by atomic mass is 9.95. The summed E-state index contributed by atoms with van der Waals surface area (Å²) in [6.45, 7) is 4.13. The maximum Gasteiger partial charge on any atom is 0.235 e. The summed E-state index contributed by atoms with van der Waals surface area (Å²) in [5.74, 6) is -0.274. The first-order valence-electron chi connectivity index (χ1n) is 7.56. The summed E-state index contributed by atoms with van der Waals surface area (Å²) in [4.78, 5) is 18.4. The monoisotopic (exact) mass is 380 g/mol. The number of allylic oxidation sites excluding steroid dienone is 1. The van der Waals surface area contributed by atoms with Crippen molar-refractivity contribution >= 4 is 43.9 Å². The van der Waals surface area contributed by atoms with Gasteiger partial charge in [0.2, 0.25) is 17.2 Å². The summed E-state index contributed by atoms with van der Waals surface area (Å²) >= 11 is 1.30. The van der Waals surface area contributed by atoms with Gasteiger partial charge in [-0.1, -0.05) is 31.3 Å². The van der Waals surface area contributed by atoms with Gasteiger partial charge in [-0.3, -0.25) is 14.7 Å². The van der Waals surface area contributed by atoms with Crippen LogP contribution in [0.25, 0.3) is 5.57 Å². The number of nitriles is 1. The lowest BCUT2D eigenvalue weighted by molar-refractivity contribution is -0.125. The number of hydrogen-bond donors (Lipinski definition) is 0. The zero-order valence-corrected chi connectivity index (χ0v) is 16.2. The number of aliphatic imine (C=N–C) groups is 1. The first kappa shape index (κ1) is 19.2. The summed E-state index contributed by atoms with van der Waals surface area (Å²) in [6, 6.07) is 0. The highest BCUT2D eigenvalue weighted by atomic mass is 32.2. The van der Waals surface area contributed by atoms with E-state index in [0.29, 0.717) is 10.1 Å². The molecule has 0 fully saturated rings. The Balaban J connectivity index is 2.20. The van der Waals surface area contributed by atoms with Crippen LogP contribution in [0.1, 0.15) is 25.3 Å². The van der Waals surface area contributed by atoms with Gasteiger partial charge in [0.05, 0.1) is 15.1 Å².